The lowest BCUT2D eigenvalue weighted by Gasteiger charge is -2.37. The maximum absolute atomic E-state index is 5.58. The molecule has 4 rings (SSSR count). The number of fused-ring (bicyclic) bond motifs is 1. The smallest absolute Gasteiger partial charge is 0.244 e. The molecule has 1 atom stereocenters. The van der Waals surface area contributed by atoms with Crippen LogP contribution < -0.4 is 5.32 Å². The average Bonchev–Trinajstić information content (AvgIpc) is 3.06. The van der Waals surface area contributed by atoms with Gasteiger partial charge in [0, 0.05) is 20.1 Å². The number of rotatable bonds is 3. The Labute approximate surface area is 116 Å². The first kappa shape index (κ1) is 12.0. The van der Waals surface area contributed by atoms with E-state index in [-0.39, 0.29) is 11.6 Å². The number of aromatic nitrogens is 4. The Hall–Kier alpha value is -1.73. The number of nitrogens with one attached hydrogen (secondary N) is 2. The minimum atomic E-state index is -0.325. The average molecular weight is 275 g/mol. The van der Waals surface area contributed by atoms with Crippen LogP contribution in [0, 0.1) is 0 Å². The maximum Gasteiger partial charge on any atom is 0.244 e. The van der Waals surface area contributed by atoms with Crippen LogP contribution in [-0.2, 0) is 23.3 Å². The largest absolute Gasteiger partial charge is 0.370 e. The molecule has 1 aliphatic carbocycles. The third-order valence-electron chi connectivity index (χ3n) is 4.43. The van der Waals surface area contributed by atoms with Crippen molar-refractivity contribution in [2.75, 3.05) is 7.11 Å². The molecular formula is C13H17N5O2. The third kappa shape index (κ3) is 1.70. The molecule has 2 N–H and O–H groups in total. The minimum absolute atomic E-state index is 0.0287. The Morgan fingerprint density at radius 3 is 3.10 bits per heavy atom. The zero-order chi connectivity index (χ0) is 13.6. The molecule has 3 heterocycles. The van der Waals surface area contributed by atoms with Crippen molar-refractivity contribution < 1.29 is 9.26 Å². The van der Waals surface area contributed by atoms with E-state index in [1.54, 1.807) is 13.4 Å². The second kappa shape index (κ2) is 4.39. The maximum atomic E-state index is 5.58. The zero-order valence-electron chi connectivity index (χ0n) is 11.3. The van der Waals surface area contributed by atoms with E-state index in [1.165, 1.54) is 0 Å². The molecule has 0 saturated heterocycles. The molecule has 7 heteroatoms. The highest BCUT2D eigenvalue weighted by molar-refractivity contribution is 5.18. The van der Waals surface area contributed by atoms with Crippen molar-refractivity contribution in [1.29, 1.82) is 0 Å². The Bertz CT molecular complexity index is 610. The van der Waals surface area contributed by atoms with Crippen molar-refractivity contribution in [3.8, 4) is 0 Å². The first-order valence-electron chi connectivity index (χ1n) is 6.94. The van der Waals surface area contributed by atoms with Crippen LogP contribution in [0.2, 0.25) is 0 Å². The molecule has 1 saturated carbocycles. The Balaban J connectivity index is 1.57. The van der Waals surface area contributed by atoms with Gasteiger partial charge in [-0.3, -0.25) is 5.32 Å². The van der Waals surface area contributed by atoms with Gasteiger partial charge in [-0.25, -0.2) is 4.98 Å². The normalized spacial score (nSPS) is 24.1. The van der Waals surface area contributed by atoms with Gasteiger partial charge < -0.3 is 14.2 Å². The van der Waals surface area contributed by atoms with E-state index in [0.29, 0.717) is 11.7 Å². The van der Waals surface area contributed by atoms with Crippen LogP contribution in [-0.4, -0.2) is 27.2 Å². The molecule has 2 aromatic rings. The minimum Gasteiger partial charge on any atom is -0.370 e. The fraction of sp³-hybridized carbons (Fsp3) is 0.615. The summed E-state index contributed by atoms with van der Waals surface area (Å²) >= 11 is 0. The van der Waals surface area contributed by atoms with Crippen LogP contribution in [0.25, 0.3) is 0 Å². The van der Waals surface area contributed by atoms with Crippen LogP contribution in [0.5, 0.6) is 0 Å². The molecule has 7 nitrogen and oxygen atoms in total. The van der Waals surface area contributed by atoms with Crippen molar-refractivity contribution in [3.05, 3.63) is 29.4 Å². The molecule has 2 aromatic heterocycles. The lowest BCUT2D eigenvalue weighted by molar-refractivity contribution is -0.0858. The molecule has 2 aliphatic rings. The molecule has 1 fully saturated rings. The van der Waals surface area contributed by atoms with Crippen LogP contribution in [0.1, 0.15) is 48.4 Å². The Morgan fingerprint density at radius 2 is 2.35 bits per heavy atom. The van der Waals surface area contributed by atoms with Crippen molar-refractivity contribution in [2.24, 2.45) is 0 Å². The van der Waals surface area contributed by atoms with Crippen LogP contribution in [0.15, 0.2) is 10.9 Å². The van der Waals surface area contributed by atoms with E-state index in [2.05, 4.69) is 25.4 Å². The van der Waals surface area contributed by atoms with Crippen LogP contribution >= 0.6 is 0 Å². The molecular weight excluding hydrogens is 258 g/mol. The SMILES string of the molecule is COC1(c2noc(C3Cc4nc[nH]c4CN3)n2)CCC1. The summed E-state index contributed by atoms with van der Waals surface area (Å²) in [7, 11) is 1.71. The predicted octanol–water partition coefficient (Wildman–Crippen LogP) is 1.21. The highest BCUT2D eigenvalue weighted by Gasteiger charge is 2.43. The predicted molar refractivity (Wildman–Crippen MR) is 68.7 cm³/mol. The standard InChI is InChI=1S/C13H17N5O2/c1-19-13(3-2-4-13)12-17-11(20-18-12)9-5-8-10(6-14-9)16-7-15-8/h7,9,14H,2-6H2,1H3,(H,15,16). The van der Waals surface area contributed by atoms with Crippen molar-refractivity contribution in [1.82, 2.24) is 25.4 Å². The number of nitrogens with zero attached hydrogens (tertiary/aromatic N) is 3. The van der Waals surface area contributed by atoms with Gasteiger partial charge in [0.05, 0.1) is 23.8 Å². The van der Waals surface area contributed by atoms with Gasteiger partial charge in [0.15, 0.2) is 0 Å². The molecule has 1 aliphatic heterocycles. The molecule has 0 spiro atoms. The van der Waals surface area contributed by atoms with Crippen LogP contribution in [0.3, 0.4) is 0 Å². The number of methoxy groups -OCH3 is 1. The third-order valence-corrected chi connectivity index (χ3v) is 4.43. The van der Waals surface area contributed by atoms with Crippen molar-refractivity contribution >= 4 is 0 Å². The summed E-state index contributed by atoms with van der Waals surface area (Å²) in [5.41, 5.74) is 1.88. The molecule has 106 valence electrons. The lowest BCUT2D eigenvalue weighted by Crippen LogP contribution is -2.37. The topological polar surface area (TPSA) is 88.9 Å². The molecule has 0 amide bonds. The van der Waals surface area contributed by atoms with Crippen LogP contribution in [0.4, 0.5) is 0 Å². The molecule has 0 aromatic carbocycles. The van der Waals surface area contributed by atoms with E-state index < -0.39 is 0 Å². The summed E-state index contributed by atoms with van der Waals surface area (Å²) in [6.07, 6.45) is 5.56. The highest BCUT2D eigenvalue weighted by Crippen LogP contribution is 2.43. The van der Waals surface area contributed by atoms with Crippen molar-refractivity contribution in [2.45, 2.75) is 43.9 Å². The van der Waals surface area contributed by atoms with E-state index in [4.69, 9.17) is 9.26 Å². The zero-order valence-corrected chi connectivity index (χ0v) is 11.3. The summed E-state index contributed by atoms with van der Waals surface area (Å²) in [4.78, 5) is 12.0. The fourth-order valence-electron chi connectivity index (χ4n) is 2.92. The first-order valence-corrected chi connectivity index (χ1v) is 6.94. The van der Waals surface area contributed by atoms with Gasteiger partial charge >= 0.3 is 0 Å². The van der Waals surface area contributed by atoms with E-state index in [1.807, 2.05) is 0 Å². The summed E-state index contributed by atoms with van der Waals surface area (Å²) in [5.74, 6) is 1.30. The number of hydrogen-bond acceptors (Lipinski definition) is 6. The number of ether oxygens (including phenoxy) is 1. The Kier molecular flexibility index (Phi) is 2.64. The van der Waals surface area contributed by atoms with Gasteiger partial charge in [-0.05, 0) is 19.3 Å². The quantitative estimate of drug-likeness (QED) is 0.875. The van der Waals surface area contributed by atoms with Crippen molar-refractivity contribution in [3.63, 3.8) is 0 Å². The number of aromatic amines is 1. The van der Waals surface area contributed by atoms with Gasteiger partial charge in [-0.15, -0.1) is 0 Å². The second-order valence-corrected chi connectivity index (χ2v) is 5.47. The number of hydrogen-bond donors (Lipinski definition) is 2. The molecule has 0 bridgehead atoms. The van der Waals surface area contributed by atoms with Gasteiger partial charge in [-0.1, -0.05) is 5.16 Å². The monoisotopic (exact) mass is 275 g/mol. The van der Waals surface area contributed by atoms with E-state index in [0.717, 1.165) is 43.6 Å². The number of imidazole rings is 1. The fourth-order valence-corrected chi connectivity index (χ4v) is 2.92. The number of H-pyrrole nitrogens is 1. The second-order valence-electron chi connectivity index (χ2n) is 5.47. The van der Waals surface area contributed by atoms with E-state index >= 15 is 0 Å². The molecule has 20 heavy (non-hydrogen) atoms. The van der Waals surface area contributed by atoms with Gasteiger partial charge in [0.2, 0.25) is 11.7 Å². The Morgan fingerprint density at radius 1 is 1.45 bits per heavy atom. The molecule has 1 unspecified atom stereocenters. The van der Waals surface area contributed by atoms with Gasteiger partial charge in [0.25, 0.3) is 0 Å². The van der Waals surface area contributed by atoms with E-state index in [9.17, 15) is 0 Å². The summed E-state index contributed by atoms with van der Waals surface area (Å²) in [5, 5.41) is 7.51. The summed E-state index contributed by atoms with van der Waals surface area (Å²) in [6, 6.07) is 0.0287. The van der Waals surface area contributed by atoms with Gasteiger partial charge in [0.1, 0.15) is 5.60 Å². The summed E-state index contributed by atoms with van der Waals surface area (Å²) in [6.45, 7) is 0.743. The summed E-state index contributed by atoms with van der Waals surface area (Å²) < 4.78 is 11.0. The highest BCUT2D eigenvalue weighted by atomic mass is 16.5. The first-order chi connectivity index (χ1) is 9.81. The molecule has 0 radical (unpaired) electrons. The lowest BCUT2D eigenvalue weighted by atomic mass is 9.79. The van der Waals surface area contributed by atoms with Gasteiger partial charge in [-0.2, -0.15) is 4.98 Å².